The average molecular weight is 293 g/mol. The Labute approximate surface area is 132 Å². The Bertz CT molecular complexity index is 705. The fraction of sp³-hybridized carbons (Fsp3) is 0.350. The van der Waals surface area contributed by atoms with Crippen LogP contribution >= 0.6 is 0 Å². The fourth-order valence-corrected chi connectivity index (χ4v) is 3.28. The molecule has 1 aliphatic heterocycles. The lowest BCUT2D eigenvalue weighted by molar-refractivity contribution is -0.118. The number of nitrogens with zero attached hydrogens (tertiary/aromatic N) is 1. The number of fused-ring (bicyclic) bond motifs is 1. The van der Waals surface area contributed by atoms with Gasteiger partial charge in [-0.15, -0.1) is 0 Å². The van der Waals surface area contributed by atoms with Crippen LogP contribution in [0.1, 0.15) is 35.6 Å². The largest absolute Gasteiger partial charge is 0.309 e. The number of carbonyl (C=O) groups excluding carboxylic acids is 1. The minimum Gasteiger partial charge on any atom is -0.309 e. The lowest BCUT2D eigenvalue weighted by Gasteiger charge is -2.22. The maximum Gasteiger partial charge on any atom is 0.227 e. The van der Waals surface area contributed by atoms with Crippen LogP contribution in [0.5, 0.6) is 0 Å². The van der Waals surface area contributed by atoms with Gasteiger partial charge in [-0.05, 0) is 61.9 Å². The standard InChI is InChI=1S/C20H23NO/c1-14-8-9-17(12-15(14)2)10-11-20(22)21-16(3)13-18-6-4-5-7-19(18)21/h4-9,12,16H,10-11,13H2,1-3H3/t16-/m1/s1. The predicted molar refractivity (Wildman–Crippen MR) is 91.3 cm³/mol. The van der Waals surface area contributed by atoms with E-state index < -0.39 is 0 Å². The van der Waals surface area contributed by atoms with Crippen molar-refractivity contribution in [3.63, 3.8) is 0 Å². The van der Waals surface area contributed by atoms with E-state index in [0.717, 1.165) is 18.5 Å². The van der Waals surface area contributed by atoms with E-state index in [-0.39, 0.29) is 11.9 Å². The Hall–Kier alpha value is -2.09. The Kier molecular flexibility index (Phi) is 4.02. The number of rotatable bonds is 3. The molecule has 22 heavy (non-hydrogen) atoms. The molecule has 2 aromatic rings. The van der Waals surface area contributed by atoms with Gasteiger partial charge in [-0.2, -0.15) is 0 Å². The van der Waals surface area contributed by atoms with Crippen LogP contribution in [0.3, 0.4) is 0 Å². The molecular formula is C20H23NO. The SMILES string of the molecule is Cc1ccc(CCC(=O)N2c3ccccc3C[C@H]2C)cc1C. The van der Waals surface area contributed by atoms with Gasteiger partial charge >= 0.3 is 0 Å². The highest BCUT2D eigenvalue weighted by Crippen LogP contribution is 2.32. The minimum absolute atomic E-state index is 0.232. The van der Waals surface area contributed by atoms with Crippen LogP contribution in [0.2, 0.25) is 0 Å². The van der Waals surface area contributed by atoms with Crippen LogP contribution in [0.4, 0.5) is 5.69 Å². The molecule has 0 aromatic heterocycles. The van der Waals surface area contributed by atoms with Crippen molar-refractivity contribution in [2.24, 2.45) is 0 Å². The van der Waals surface area contributed by atoms with E-state index in [1.54, 1.807) is 0 Å². The van der Waals surface area contributed by atoms with E-state index in [9.17, 15) is 4.79 Å². The van der Waals surface area contributed by atoms with Gasteiger partial charge in [0.2, 0.25) is 5.91 Å². The Balaban J connectivity index is 1.71. The Morgan fingerprint density at radius 2 is 1.91 bits per heavy atom. The first-order chi connectivity index (χ1) is 10.6. The summed E-state index contributed by atoms with van der Waals surface area (Å²) in [5, 5.41) is 0. The van der Waals surface area contributed by atoms with Crippen LogP contribution in [0.25, 0.3) is 0 Å². The molecular weight excluding hydrogens is 270 g/mol. The van der Waals surface area contributed by atoms with Gasteiger partial charge in [0.15, 0.2) is 0 Å². The second kappa shape index (κ2) is 5.96. The molecule has 1 atom stereocenters. The molecule has 1 amide bonds. The Morgan fingerprint density at radius 3 is 2.68 bits per heavy atom. The van der Waals surface area contributed by atoms with Gasteiger partial charge in [-0.1, -0.05) is 36.4 Å². The summed E-state index contributed by atoms with van der Waals surface area (Å²) in [6, 6.07) is 15.0. The molecule has 0 saturated heterocycles. The molecule has 2 aromatic carbocycles. The van der Waals surface area contributed by atoms with Crippen molar-refractivity contribution in [2.75, 3.05) is 4.90 Å². The van der Waals surface area contributed by atoms with E-state index >= 15 is 0 Å². The molecule has 0 saturated carbocycles. The zero-order chi connectivity index (χ0) is 15.7. The van der Waals surface area contributed by atoms with Crippen LogP contribution in [-0.4, -0.2) is 11.9 Å². The van der Waals surface area contributed by atoms with Crippen LogP contribution in [0, 0.1) is 13.8 Å². The van der Waals surface area contributed by atoms with Gasteiger partial charge in [-0.25, -0.2) is 0 Å². The van der Waals surface area contributed by atoms with Crippen molar-refractivity contribution in [3.05, 3.63) is 64.7 Å². The van der Waals surface area contributed by atoms with Crippen molar-refractivity contribution < 1.29 is 4.79 Å². The van der Waals surface area contributed by atoms with Crippen LogP contribution < -0.4 is 4.90 Å². The molecule has 114 valence electrons. The summed E-state index contributed by atoms with van der Waals surface area (Å²) < 4.78 is 0. The maximum atomic E-state index is 12.7. The van der Waals surface area contributed by atoms with Gasteiger partial charge in [0.25, 0.3) is 0 Å². The molecule has 2 nitrogen and oxygen atoms in total. The van der Waals surface area contributed by atoms with E-state index in [0.29, 0.717) is 6.42 Å². The molecule has 1 aliphatic rings. The molecule has 0 bridgehead atoms. The van der Waals surface area contributed by atoms with Crippen molar-refractivity contribution in [2.45, 2.75) is 46.1 Å². The first kappa shape index (κ1) is 14.8. The van der Waals surface area contributed by atoms with Gasteiger partial charge in [-0.3, -0.25) is 4.79 Å². The summed E-state index contributed by atoms with van der Waals surface area (Å²) in [5.41, 5.74) is 6.23. The summed E-state index contributed by atoms with van der Waals surface area (Å²) in [5.74, 6) is 0.232. The molecule has 2 heteroatoms. The normalized spacial score (nSPS) is 16.7. The van der Waals surface area contributed by atoms with Crippen molar-refractivity contribution in [3.8, 4) is 0 Å². The van der Waals surface area contributed by atoms with Crippen molar-refractivity contribution in [1.82, 2.24) is 0 Å². The van der Waals surface area contributed by atoms with Gasteiger partial charge in [0, 0.05) is 18.2 Å². The molecule has 0 fully saturated rings. The van der Waals surface area contributed by atoms with Gasteiger partial charge in [0.1, 0.15) is 0 Å². The highest BCUT2D eigenvalue weighted by atomic mass is 16.2. The molecule has 1 heterocycles. The number of benzene rings is 2. The third-order valence-electron chi connectivity index (χ3n) is 4.67. The van der Waals surface area contributed by atoms with Gasteiger partial charge < -0.3 is 4.90 Å². The van der Waals surface area contributed by atoms with E-state index in [1.807, 2.05) is 11.0 Å². The first-order valence-corrected chi connectivity index (χ1v) is 8.02. The molecule has 0 N–H and O–H groups in total. The number of para-hydroxylation sites is 1. The smallest absolute Gasteiger partial charge is 0.227 e. The monoisotopic (exact) mass is 293 g/mol. The summed E-state index contributed by atoms with van der Waals surface area (Å²) in [6.45, 7) is 6.38. The molecule has 0 radical (unpaired) electrons. The van der Waals surface area contributed by atoms with Crippen LogP contribution in [0.15, 0.2) is 42.5 Å². The fourth-order valence-electron chi connectivity index (χ4n) is 3.28. The third kappa shape index (κ3) is 2.78. The highest BCUT2D eigenvalue weighted by Gasteiger charge is 2.29. The molecule has 0 spiro atoms. The predicted octanol–water partition coefficient (Wildman–Crippen LogP) is 4.21. The Morgan fingerprint density at radius 1 is 1.14 bits per heavy atom. The van der Waals surface area contributed by atoms with Gasteiger partial charge in [0.05, 0.1) is 0 Å². The summed E-state index contributed by atoms with van der Waals surface area (Å²) in [7, 11) is 0. The number of hydrogen-bond donors (Lipinski definition) is 0. The number of aryl methyl sites for hydroxylation is 3. The summed E-state index contributed by atoms with van der Waals surface area (Å²) in [4.78, 5) is 14.7. The summed E-state index contributed by atoms with van der Waals surface area (Å²) >= 11 is 0. The van der Waals surface area contributed by atoms with E-state index in [2.05, 4.69) is 57.2 Å². The minimum atomic E-state index is 0.232. The lowest BCUT2D eigenvalue weighted by Crippen LogP contribution is -2.35. The molecule has 0 aliphatic carbocycles. The zero-order valence-electron chi connectivity index (χ0n) is 13.6. The first-order valence-electron chi connectivity index (χ1n) is 8.02. The third-order valence-corrected chi connectivity index (χ3v) is 4.67. The molecule has 3 rings (SSSR count). The number of anilines is 1. The second-order valence-corrected chi connectivity index (χ2v) is 6.36. The number of amides is 1. The van der Waals surface area contributed by atoms with E-state index in [4.69, 9.17) is 0 Å². The highest BCUT2D eigenvalue weighted by molar-refractivity contribution is 5.96. The lowest BCUT2D eigenvalue weighted by atomic mass is 10.0. The van der Waals surface area contributed by atoms with Crippen molar-refractivity contribution >= 4 is 11.6 Å². The van der Waals surface area contributed by atoms with Crippen LogP contribution in [-0.2, 0) is 17.6 Å². The maximum absolute atomic E-state index is 12.7. The number of hydrogen-bond acceptors (Lipinski definition) is 1. The quantitative estimate of drug-likeness (QED) is 0.830. The number of carbonyl (C=O) groups is 1. The van der Waals surface area contributed by atoms with E-state index in [1.165, 1.54) is 22.3 Å². The van der Waals surface area contributed by atoms with Crippen molar-refractivity contribution in [1.29, 1.82) is 0 Å². The zero-order valence-corrected chi connectivity index (χ0v) is 13.6. The summed E-state index contributed by atoms with van der Waals surface area (Å²) in [6.07, 6.45) is 2.35. The topological polar surface area (TPSA) is 20.3 Å². The second-order valence-electron chi connectivity index (χ2n) is 6.36. The average Bonchev–Trinajstić information content (AvgIpc) is 2.84. The molecule has 0 unspecified atom stereocenters.